The summed E-state index contributed by atoms with van der Waals surface area (Å²) in [4.78, 5) is 0. The van der Waals surface area contributed by atoms with Crippen LogP contribution in [0.25, 0.3) is 0 Å². The van der Waals surface area contributed by atoms with E-state index in [9.17, 15) is 4.57 Å². The Hall–Kier alpha value is -1.41. The zero-order valence-corrected chi connectivity index (χ0v) is 15.6. The molecule has 0 spiro atoms. The third-order valence-corrected chi connectivity index (χ3v) is 7.55. The molecular formula is C20H26NO2P. The summed E-state index contributed by atoms with van der Waals surface area (Å²) in [5, 5.41) is 0. The first-order valence-electron chi connectivity index (χ1n) is 8.55. The molecule has 0 aliphatic carbocycles. The van der Waals surface area contributed by atoms with Crippen LogP contribution in [0, 0.1) is 0 Å². The molecule has 0 N–H and O–H groups in total. The van der Waals surface area contributed by atoms with Gasteiger partial charge in [0.1, 0.15) is 0 Å². The van der Waals surface area contributed by atoms with E-state index >= 15 is 0 Å². The first-order chi connectivity index (χ1) is 11.4. The fourth-order valence-corrected chi connectivity index (χ4v) is 6.27. The van der Waals surface area contributed by atoms with Crippen LogP contribution in [0.4, 0.5) is 0 Å². The van der Waals surface area contributed by atoms with Gasteiger partial charge in [0.25, 0.3) is 7.52 Å². The molecule has 2 aromatic carbocycles. The minimum absolute atomic E-state index is 0.0665. The lowest BCUT2D eigenvalue weighted by Crippen LogP contribution is -2.40. The molecule has 0 radical (unpaired) electrons. The highest BCUT2D eigenvalue weighted by molar-refractivity contribution is 7.55. The Morgan fingerprint density at radius 3 is 2.29 bits per heavy atom. The van der Waals surface area contributed by atoms with E-state index in [1.54, 1.807) is 0 Å². The monoisotopic (exact) mass is 343 g/mol. The van der Waals surface area contributed by atoms with Gasteiger partial charge in [0.2, 0.25) is 0 Å². The Morgan fingerprint density at radius 2 is 1.67 bits per heavy atom. The van der Waals surface area contributed by atoms with Crippen LogP contribution < -0.4 is 0 Å². The van der Waals surface area contributed by atoms with E-state index in [-0.39, 0.29) is 11.6 Å². The molecule has 1 fully saturated rings. The molecule has 1 aliphatic heterocycles. The van der Waals surface area contributed by atoms with Crippen molar-refractivity contribution in [3.8, 4) is 0 Å². The summed E-state index contributed by atoms with van der Waals surface area (Å²) in [6.45, 7) is 6.98. The third-order valence-electron chi connectivity index (χ3n) is 4.68. The molecule has 0 bridgehead atoms. The van der Waals surface area contributed by atoms with E-state index in [2.05, 4.69) is 23.7 Å². The third kappa shape index (κ3) is 3.80. The maximum atomic E-state index is 13.9. The molecule has 3 rings (SSSR count). The molecule has 0 saturated carbocycles. The summed E-state index contributed by atoms with van der Waals surface area (Å²) in [6.07, 6.45) is 1.33. The Labute approximate surface area is 145 Å². The molecule has 4 heteroatoms. The zero-order chi connectivity index (χ0) is 17.2. The minimum atomic E-state index is -2.96. The fourth-order valence-electron chi connectivity index (χ4n) is 3.32. The van der Waals surface area contributed by atoms with Crippen molar-refractivity contribution >= 4 is 7.52 Å². The lowest BCUT2D eigenvalue weighted by molar-refractivity contribution is 0.0434. The molecule has 24 heavy (non-hydrogen) atoms. The van der Waals surface area contributed by atoms with E-state index in [4.69, 9.17) is 4.52 Å². The zero-order valence-electron chi connectivity index (χ0n) is 14.7. The SMILES string of the molecule is CC(c1ccccc1)N1CCC(C)(C)OP1(=O)Cc1ccccc1. The van der Waals surface area contributed by atoms with Crippen molar-refractivity contribution < 1.29 is 9.09 Å². The molecule has 1 aliphatic rings. The summed E-state index contributed by atoms with van der Waals surface area (Å²) in [5.74, 6) is 0. The number of hydrogen-bond donors (Lipinski definition) is 0. The standard InChI is InChI=1S/C20H26NO2P/c1-17(19-12-8-5-9-13-19)21-15-14-20(2,3)23-24(21,22)16-18-10-6-4-7-11-18/h4-13,17H,14-16H2,1-3H3. The van der Waals surface area contributed by atoms with Crippen molar-refractivity contribution in [1.82, 2.24) is 4.67 Å². The van der Waals surface area contributed by atoms with Crippen LogP contribution in [0.1, 0.15) is 44.4 Å². The van der Waals surface area contributed by atoms with Gasteiger partial charge in [-0.2, -0.15) is 0 Å². The maximum absolute atomic E-state index is 13.9. The number of benzene rings is 2. The van der Waals surface area contributed by atoms with E-state index < -0.39 is 7.52 Å². The summed E-state index contributed by atoms with van der Waals surface area (Å²) >= 11 is 0. The molecule has 0 amide bonds. The molecule has 1 heterocycles. The predicted octanol–water partition coefficient (Wildman–Crippen LogP) is 5.64. The van der Waals surface area contributed by atoms with Gasteiger partial charge in [-0.1, -0.05) is 60.7 Å². The van der Waals surface area contributed by atoms with Gasteiger partial charge < -0.3 is 4.52 Å². The summed E-state index contributed by atoms with van der Waals surface area (Å²) < 4.78 is 22.2. The first-order valence-corrected chi connectivity index (χ1v) is 10.3. The van der Waals surface area contributed by atoms with Crippen LogP contribution in [-0.4, -0.2) is 16.8 Å². The lowest BCUT2D eigenvalue weighted by Gasteiger charge is -2.45. The smallest absolute Gasteiger partial charge is 0.277 e. The average molecular weight is 343 g/mol. The quantitative estimate of drug-likeness (QED) is 0.673. The van der Waals surface area contributed by atoms with Gasteiger partial charge in [0.05, 0.1) is 11.8 Å². The molecule has 128 valence electrons. The second-order valence-electron chi connectivity index (χ2n) is 7.13. The second kappa shape index (κ2) is 6.84. The van der Waals surface area contributed by atoms with Gasteiger partial charge in [0, 0.05) is 12.6 Å². The van der Waals surface area contributed by atoms with Gasteiger partial charge in [0.15, 0.2) is 0 Å². The molecule has 2 atom stereocenters. The van der Waals surface area contributed by atoms with Gasteiger partial charge in [-0.25, -0.2) is 4.67 Å². The Kier molecular flexibility index (Phi) is 4.96. The molecule has 0 aromatic heterocycles. The minimum Gasteiger partial charge on any atom is -0.311 e. The summed E-state index contributed by atoms with van der Waals surface area (Å²) in [6, 6.07) is 20.3. The highest BCUT2D eigenvalue weighted by atomic mass is 31.2. The lowest BCUT2D eigenvalue weighted by atomic mass is 10.0. The highest BCUT2D eigenvalue weighted by Gasteiger charge is 2.44. The van der Waals surface area contributed by atoms with Crippen LogP contribution >= 0.6 is 7.52 Å². The van der Waals surface area contributed by atoms with E-state index in [1.165, 1.54) is 5.56 Å². The van der Waals surface area contributed by atoms with Crippen molar-refractivity contribution in [1.29, 1.82) is 0 Å². The Bertz CT molecular complexity index is 715. The number of hydrogen-bond acceptors (Lipinski definition) is 2. The largest absolute Gasteiger partial charge is 0.311 e. The van der Waals surface area contributed by atoms with Crippen LogP contribution in [0.15, 0.2) is 60.7 Å². The normalized spacial score (nSPS) is 25.3. The average Bonchev–Trinajstić information content (AvgIpc) is 2.55. The number of rotatable bonds is 4. The van der Waals surface area contributed by atoms with Crippen LogP contribution in [0.5, 0.6) is 0 Å². The van der Waals surface area contributed by atoms with E-state index in [0.717, 1.165) is 18.5 Å². The van der Waals surface area contributed by atoms with Crippen molar-refractivity contribution in [2.75, 3.05) is 6.54 Å². The number of nitrogens with zero attached hydrogens (tertiary/aromatic N) is 1. The summed E-state index contributed by atoms with van der Waals surface area (Å²) in [5.41, 5.74) is 1.88. The molecular weight excluding hydrogens is 317 g/mol. The Balaban J connectivity index is 1.92. The molecule has 2 unspecified atom stereocenters. The van der Waals surface area contributed by atoms with Gasteiger partial charge in [-0.05, 0) is 38.3 Å². The van der Waals surface area contributed by atoms with Crippen molar-refractivity contribution in [2.45, 2.75) is 45.0 Å². The van der Waals surface area contributed by atoms with Crippen molar-refractivity contribution in [3.05, 3.63) is 71.8 Å². The maximum Gasteiger partial charge on any atom is 0.277 e. The van der Waals surface area contributed by atoms with E-state index in [0.29, 0.717) is 6.16 Å². The molecule has 2 aromatic rings. The topological polar surface area (TPSA) is 29.5 Å². The van der Waals surface area contributed by atoms with Crippen LogP contribution in [0.2, 0.25) is 0 Å². The summed E-state index contributed by atoms with van der Waals surface area (Å²) in [7, 11) is -2.96. The van der Waals surface area contributed by atoms with Gasteiger partial charge >= 0.3 is 0 Å². The first kappa shape index (κ1) is 17.4. The molecule has 3 nitrogen and oxygen atoms in total. The van der Waals surface area contributed by atoms with Crippen molar-refractivity contribution in [2.24, 2.45) is 0 Å². The highest BCUT2D eigenvalue weighted by Crippen LogP contribution is 2.62. The van der Waals surface area contributed by atoms with Gasteiger partial charge in [-0.3, -0.25) is 4.57 Å². The van der Waals surface area contributed by atoms with Crippen LogP contribution in [-0.2, 0) is 15.3 Å². The Morgan fingerprint density at radius 1 is 1.08 bits per heavy atom. The van der Waals surface area contributed by atoms with E-state index in [1.807, 2.05) is 62.4 Å². The predicted molar refractivity (Wildman–Crippen MR) is 99.1 cm³/mol. The molecule has 1 saturated heterocycles. The fraction of sp³-hybridized carbons (Fsp3) is 0.400. The van der Waals surface area contributed by atoms with Crippen molar-refractivity contribution in [3.63, 3.8) is 0 Å². The second-order valence-corrected chi connectivity index (χ2v) is 9.42. The van der Waals surface area contributed by atoms with Crippen LogP contribution in [0.3, 0.4) is 0 Å². The van der Waals surface area contributed by atoms with Gasteiger partial charge in [-0.15, -0.1) is 0 Å².